The van der Waals surface area contributed by atoms with Crippen LogP contribution in [0.2, 0.25) is 0 Å². The highest BCUT2D eigenvalue weighted by molar-refractivity contribution is 6.15. The Hall–Kier alpha value is -2.88. The van der Waals surface area contributed by atoms with E-state index in [0.29, 0.717) is 5.56 Å². The summed E-state index contributed by atoms with van der Waals surface area (Å²) in [5.74, 6) is -0.402. The second-order valence-corrected chi connectivity index (χ2v) is 5.44. The third kappa shape index (κ3) is 3.86. The minimum Gasteiger partial charge on any atom is -0.296 e. The van der Waals surface area contributed by atoms with Crippen molar-refractivity contribution in [3.63, 3.8) is 0 Å². The Bertz CT molecular complexity index is 767. The van der Waals surface area contributed by atoms with E-state index in [4.69, 9.17) is 0 Å². The predicted molar refractivity (Wildman–Crippen MR) is 90.4 cm³/mol. The Morgan fingerprint density at radius 3 is 2.48 bits per heavy atom. The van der Waals surface area contributed by atoms with Crippen LogP contribution in [0, 0.1) is 0 Å². The molecule has 1 unspecified atom stereocenters. The lowest BCUT2D eigenvalue weighted by Crippen LogP contribution is -2.21. The van der Waals surface area contributed by atoms with Crippen molar-refractivity contribution in [1.82, 2.24) is 0 Å². The van der Waals surface area contributed by atoms with Crippen LogP contribution in [0.15, 0.2) is 64.6 Å². The summed E-state index contributed by atoms with van der Waals surface area (Å²) in [6.07, 6.45) is 3.41. The molecule has 0 spiro atoms. The van der Waals surface area contributed by atoms with Crippen molar-refractivity contribution < 1.29 is 9.59 Å². The van der Waals surface area contributed by atoms with Gasteiger partial charge in [-0.05, 0) is 23.6 Å². The van der Waals surface area contributed by atoms with Crippen LogP contribution in [0.3, 0.4) is 0 Å². The molecule has 2 aromatic rings. The van der Waals surface area contributed by atoms with Crippen molar-refractivity contribution in [2.75, 3.05) is 0 Å². The molecule has 0 radical (unpaired) electrons. The molecular formula is C19H16N2O2. The fraction of sp³-hybridized carbons (Fsp3) is 0.158. The number of aliphatic imine (C=N–C) groups is 2. The number of rotatable bonds is 6. The Morgan fingerprint density at radius 2 is 1.74 bits per heavy atom. The highest BCUT2D eigenvalue weighted by Gasteiger charge is 2.20. The molecular weight excluding hydrogens is 288 g/mol. The zero-order valence-electron chi connectivity index (χ0n) is 12.6. The van der Waals surface area contributed by atoms with Gasteiger partial charge in [-0.15, -0.1) is 0 Å². The maximum absolute atomic E-state index is 12.3. The zero-order chi connectivity index (χ0) is 16.1. The molecule has 1 aliphatic heterocycles. The number of nitrogens with zero attached hydrogens (tertiary/aromatic N) is 2. The SMILES string of the molecule is O=C(CC(=O)C1C=NC=N1)c1cccc(Cc2ccccc2)c1. The van der Waals surface area contributed by atoms with E-state index in [-0.39, 0.29) is 18.0 Å². The minimum atomic E-state index is -0.605. The second-order valence-electron chi connectivity index (χ2n) is 5.44. The lowest BCUT2D eigenvalue weighted by molar-refractivity contribution is -0.117. The third-order valence-corrected chi connectivity index (χ3v) is 3.69. The fourth-order valence-corrected chi connectivity index (χ4v) is 2.49. The third-order valence-electron chi connectivity index (χ3n) is 3.69. The summed E-state index contributed by atoms with van der Waals surface area (Å²) in [4.78, 5) is 32.0. The molecule has 0 saturated heterocycles. The maximum atomic E-state index is 12.3. The molecule has 0 aromatic heterocycles. The van der Waals surface area contributed by atoms with Gasteiger partial charge in [0.05, 0.1) is 6.42 Å². The molecule has 1 heterocycles. The first-order valence-corrected chi connectivity index (χ1v) is 7.46. The molecule has 1 aliphatic rings. The quantitative estimate of drug-likeness (QED) is 0.608. The summed E-state index contributed by atoms with van der Waals surface area (Å²) in [5.41, 5.74) is 2.80. The molecule has 114 valence electrons. The first kappa shape index (κ1) is 15.0. The summed E-state index contributed by atoms with van der Waals surface area (Å²) >= 11 is 0. The van der Waals surface area contributed by atoms with Gasteiger partial charge in [0, 0.05) is 11.8 Å². The number of ketones is 2. The Morgan fingerprint density at radius 1 is 0.957 bits per heavy atom. The predicted octanol–water partition coefficient (Wildman–Crippen LogP) is 2.90. The van der Waals surface area contributed by atoms with Gasteiger partial charge in [-0.3, -0.25) is 14.6 Å². The second kappa shape index (κ2) is 6.92. The van der Waals surface area contributed by atoms with Crippen molar-refractivity contribution in [1.29, 1.82) is 0 Å². The number of carbonyl (C=O) groups excluding carboxylic acids is 2. The van der Waals surface area contributed by atoms with Crippen LogP contribution in [0.5, 0.6) is 0 Å². The minimum absolute atomic E-state index is 0.150. The zero-order valence-corrected chi connectivity index (χ0v) is 12.6. The van der Waals surface area contributed by atoms with Gasteiger partial charge in [-0.25, -0.2) is 4.99 Å². The van der Waals surface area contributed by atoms with Crippen molar-refractivity contribution in [2.45, 2.75) is 18.9 Å². The van der Waals surface area contributed by atoms with Crippen LogP contribution in [-0.2, 0) is 11.2 Å². The van der Waals surface area contributed by atoms with Gasteiger partial charge in [-0.1, -0.05) is 48.5 Å². The molecule has 23 heavy (non-hydrogen) atoms. The summed E-state index contributed by atoms with van der Waals surface area (Å²) < 4.78 is 0. The van der Waals surface area contributed by atoms with Gasteiger partial charge in [0.1, 0.15) is 12.4 Å². The van der Waals surface area contributed by atoms with E-state index >= 15 is 0 Å². The van der Waals surface area contributed by atoms with E-state index in [1.165, 1.54) is 18.1 Å². The monoisotopic (exact) mass is 304 g/mol. The van der Waals surface area contributed by atoms with Crippen LogP contribution in [-0.4, -0.2) is 30.2 Å². The van der Waals surface area contributed by atoms with Gasteiger partial charge >= 0.3 is 0 Å². The number of carbonyl (C=O) groups is 2. The molecule has 4 nitrogen and oxygen atoms in total. The van der Waals surface area contributed by atoms with E-state index in [2.05, 4.69) is 22.1 Å². The molecule has 0 saturated carbocycles. The highest BCUT2D eigenvalue weighted by Crippen LogP contribution is 2.13. The van der Waals surface area contributed by atoms with E-state index in [1.54, 1.807) is 6.07 Å². The van der Waals surface area contributed by atoms with Crippen molar-refractivity contribution >= 4 is 24.1 Å². The normalized spacial score (nSPS) is 15.7. The Labute approximate surface area is 134 Å². The molecule has 0 amide bonds. The lowest BCUT2D eigenvalue weighted by atomic mass is 9.98. The van der Waals surface area contributed by atoms with Crippen LogP contribution in [0.1, 0.15) is 27.9 Å². The van der Waals surface area contributed by atoms with Gasteiger partial charge in [-0.2, -0.15) is 0 Å². The molecule has 4 heteroatoms. The van der Waals surface area contributed by atoms with Crippen LogP contribution in [0.25, 0.3) is 0 Å². The average Bonchev–Trinajstić information content (AvgIpc) is 3.10. The summed E-state index contributed by atoms with van der Waals surface area (Å²) in [7, 11) is 0. The fourth-order valence-electron chi connectivity index (χ4n) is 2.49. The van der Waals surface area contributed by atoms with E-state index in [0.717, 1.165) is 12.0 Å². The van der Waals surface area contributed by atoms with E-state index in [9.17, 15) is 9.59 Å². The standard InChI is InChI=1S/C19H16N2O2/c22-18(11-19(23)17-12-20-13-21-17)16-8-4-7-15(10-16)9-14-5-2-1-3-6-14/h1-8,10,12-13,17H,9,11H2. The largest absolute Gasteiger partial charge is 0.296 e. The molecule has 1 atom stereocenters. The topological polar surface area (TPSA) is 58.9 Å². The average molecular weight is 304 g/mol. The molecule has 0 fully saturated rings. The van der Waals surface area contributed by atoms with Crippen molar-refractivity contribution in [3.8, 4) is 0 Å². The molecule has 2 aromatic carbocycles. The van der Waals surface area contributed by atoms with E-state index < -0.39 is 6.04 Å². The summed E-state index contributed by atoms with van der Waals surface area (Å²) in [5, 5.41) is 0. The first-order valence-electron chi connectivity index (χ1n) is 7.46. The van der Waals surface area contributed by atoms with Gasteiger partial charge in [0.25, 0.3) is 0 Å². The summed E-state index contributed by atoms with van der Waals surface area (Å²) in [6, 6.07) is 16.9. The molecule has 0 N–H and O–H groups in total. The van der Waals surface area contributed by atoms with Crippen LogP contribution in [0.4, 0.5) is 0 Å². The smallest absolute Gasteiger partial charge is 0.170 e. The first-order chi connectivity index (χ1) is 11.2. The lowest BCUT2D eigenvalue weighted by Gasteiger charge is -2.06. The number of hydrogen-bond donors (Lipinski definition) is 0. The van der Waals surface area contributed by atoms with Crippen LogP contribution >= 0.6 is 0 Å². The molecule has 0 aliphatic carbocycles. The maximum Gasteiger partial charge on any atom is 0.170 e. The van der Waals surface area contributed by atoms with Crippen LogP contribution < -0.4 is 0 Å². The number of Topliss-reactive ketones (excluding diaryl/α,β-unsaturated/α-hetero) is 2. The van der Waals surface area contributed by atoms with E-state index in [1.807, 2.05) is 36.4 Å². The Kier molecular flexibility index (Phi) is 4.52. The summed E-state index contributed by atoms with van der Waals surface area (Å²) in [6.45, 7) is 0. The molecule has 3 rings (SSSR count). The van der Waals surface area contributed by atoms with Gasteiger partial charge in [0.2, 0.25) is 0 Å². The number of benzene rings is 2. The van der Waals surface area contributed by atoms with Crippen molar-refractivity contribution in [2.24, 2.45) is 9.98 Å². The van der Waals surface area contributed by atoms with Gasteiger partial charge in [0.15, 0.2) is 11.6 Å². The van der Waals surface area contributed by atoms with Crippen molar-refractivity contribution in [3.05, 3.63) is 71.3 Å². The Balaban J connectivity index is 1.69. The number of hydrogen-bond acceptors (Lipinski definition) is 4. The molecule has 0 bridgehead atoms. The van der Waals surface area contributed by atoms with Gasteiger partial charge < -0.3 is 0 Å². The highest BCUT2D eigenvalue weighted by atomic mass is 16.1.